The Balaban J connectivity index is 2.26. The molecule has 0 heterocycles. The van der Waals surface area contributed by atoms with Crippen LogP contribution < -0.4 is 4.74 Å². The molecular weight excluding hydrogens is 252 g/mol. The second-order valence-electron chi connectivity index (χ2n) is 3.53. The van der Waals surface area contributed by atoms with Crippen LogP contribution in [0, 0.1) is 0 Å². The quantitative estimate of drug-likeness (QED) is 0.830. The maximum atomic E-state index is 9.58. The lowest BCUT2D eigenvalue weighted by Crippen LogP contribution is -1.79. The lowest BCUT2D eigenvalue weighted by atomic mass is 10.3. The molecule has 0 aromatic heterocycles. The molecule has 0 aliphatic rings. The zero-order valence-electron chi connectivity index (χ0n) is 9.67. The van der Waals surface area contributed by atoms with Crippen LogP contribution in [0.4, 0.5) is 11.4 Å². The maximum absolute atomic E-state index is 9.58. The summed E-state index contributed by atoms with van der Waals surface area (Å²) < 4.78 is 5.08. The van der Waals surface area contributed by atoms with Crippen molar-refractivity contribution in [3.63, 3.8) is 0 Å². The number of rotatable bonds is 3. The number of methoxy groups -OCH3 is 1. The first-order chi connectivity index (χ1) is 8.69. The minimum Gasteiger partial charge on any atom is -0.506 e. The number of hydrogen-bond acceptors (Lipinski definition) is 4. The van der Waals surface area contributed by atoms with Gasteiger partial charge in [-0.3, -0.25) is 0 Å². The van der Waals surface area contributed by atoms with Crippen LogP contribution in [0.2, 0.25) is 5.02 Å². The molecule has 4 nitrogen and oxygen atoms in total. The van der Waals surface area contributed by atoms with Crippen LogP contribution in [0.5, 0.6) is 11.5 Å². The first-order valence-electron chi connectivity index (χ1n) is 5.23. The number of phenols is 1. The van der Waals surface area contributed by atoms with Gasteiger partial charge in [-0.2, -0.15) is 5.11 Å². The van der Waals surface area contributed by atoms with Gasteiger partial charge >= 0.3 is 0 Å². The van der Waals surface area contributed by atoms with E-state index in [0.717, 1.165) is 0 Å². The number of aromatic hydroxyl groups is 1. The van der Waals surface area contributed by atoms with Crippen molar-refractivity contribution in [3.8, 4) is 11.5 Å². The van der Waals surface area contributed by atoms with Gasteiger partial charge in [0, 0.05) is 11.1 Å². The van der Waals surface area contributed by atoms with Gasteiger partial charge in [0.2, 0.25) is 0 Å². The van der Waals surface area contributed by atoms with E-state index in [2.05, 4.69) is 10.2 Å². The second kappa shape index (κ2) is 5.51. The topological polar surface area (TPSA) is 54.2 Å². The van der Waals surface area contributed by atoms with E-state index in [0.29, 0.717) is 22.1 Å². The molecule has 18 heavy (non-hydrogen) atoms. The number of halogens is 1. The molecule has 0 bridgehead atoms. The Morgan fingerprint density at radius 1 is 1.11 bits per heavy atom. The average molecular weight is 263 g/mol. The molecule has 5 heteroatoms. The summed E-state index contributed by atoms with van der Waals surface area (Å²) in [6, 6.07) is 11.8. The van der Waals surface area contributed by atoms with Crippen LogP contribution in [0.15, 0.2) is 52.7 Å². The lowest BCUT2D eigenvalue weighted by molar-refractivity contribution is 0.415. The highest BCUT2D eigenvalue weighted by Crippen LogP contribution is 2.31. The number of ether oxygens (including phenoxy) is 1. The number of nitrogens with zero attached hydrogens (tertiary/aromatic N) is 2. The Kier molecular flexibility index (Phi) is 3.79. The largest absolute Gasteiger partial charge is 0.506 e. The molecular formula is C13H11ClN2O2. The van der Waals surface area contributed by atoms with Crippen molar-refractivity contribution in [1.29, 1.82) is 0 Å². The molecule has 1 N–H and O–H groups in total. The van der Waals surface area contributed by atoms with E-state index in [9.17, 15) is 5.11 Å². The smallest absolute Gasteiger partial charge is 0.143 e. The monoisotopic (exact) mass is 262 g/mol. The molecule has 0 saturated heterocycles. The fourth-order valence-corrected chi connectivity index (χ4v) is 1.53. The second-order valence-corrected chi connectivity index (χ2v) is 3.97. The van der Waals surface area contributed by atoms with Gasteiger partial charge in [0.25, 0.3) is 0 Å². The molecule has 2 aromatic carbocycles. The average Bonchev–Trinajstić information content (AvgIpc) is 2.40. The predicted octanol–water partition coefficient (Wildman–Crippen LogP) is 4.47. The van der Waals surface area contributed by atoms with Crippen molar-refractivity contribution in [3.05, 3.63) is 47.5 Å². The van der Waals surface area contributed by atoms with Gasteiger partial charge in [-0.1, -0.05) is 17.7 Å². The standard InChI is InChI=1S/C13H11ClN2O2/c1-18-11-4-2-3-10(8-11)15-16-12-7-9(14)5-6-13(12)17/h2-8,17H,1H3. The highest BCUT2D eigenvalue weighted by atomic mass is 35.5. The van der Waals surface area contributed by atoms with Gasteiger partial charge in [0.15, 0.2) is 0 Å². The van der Waals surface area contributed by atoms with Crippen molar-refractivity contribution in [1.82, 2.24) is 0 Å². The molecule has 2 aromatic rings. The van der Waals surface area contributed by atoms with Gasteiger partial charge in [-0.05, 0) is 30.3 Å². The Morgan fingerprint density at radius 2 is 1.94 bits per heavy atom. The molecule has 0 atom stereocenters. The lowest BCUT2D eigenvalue weighted by Gasteiger charge is -2.00. The number of azo groups is 1. The van der Waals surface area contributed by atoms with Gasteiger partial charge in [0.1, 0.15) is 17.2 Å². The Labute approximate surface area is 110 Å². The third-order valence-corrected chi connectivity index (χ3v) is 2.50. The van der Waals surface area contributed by atoms with Crippen molar-refractivity contribution < 1.29 is 9.84 Å². The molecule has 0 unspecified atom stereocenters. The van der Waals surface area contributed by atoms with Crippen LogP contribution >= 0.6 is 11.6 Å². The number of benzene rings is 2. The van der Waals surface area contributed by atoms with Gasteiger partial charge in [0.05, 0.1) is 12.8 Å². The zero-order valence-corrected chi connectivity index (χ0v) is 10.4. The summed E-state index contributed by atoms with van der Waals surface area (Å²) in [6.07, 6.45) is 0. The number of phenolic OH excluding ortho intramolecular Hbond substituents is 1. The normalized spacial score (nSPS) is 10.8. The summed E-state index contributed by atoms with van der Waals surface area (Å²) in [7, 11) is 1.58. The minimum atomic E-state index is 0.0334. The van der Waals surface area contributed by atoms with Crippen molar-refractivity contribution >= 4 is 23.0 Å². The summed E-state index contributed by atoms with van der Waals surface area (Å²) in [5.41, 5.74) is 0.957. The van der Waals surface area contributed by atoms with Gasteiger partial charge < -0.3 is 9.84 Å². The van der Waals surface area contributed by atoms with Crippen LogP contribution in [0.1, 0.15) is 0 Å². The maximum Gasteiger partial charge on any atom is 0.143 e. The molecule has 0 amide bonds. The fourth-order valence-electron chi connectivity index (χ4n) is 1.36. The molecule has 0 fully saturated rings. The van der Waals surface area contributed by atoms with E-state index in [-0.39, 0.29) is 5.75 Å². The summed E-state index contributed by atoms with van der Waals surface area (Å²) in [4.78, 5) is 0. The molecule has 92 valence electrons. The third-order valence-electron chi connectivity index (χ3n) is 2.26. The molecule has 0 aliphatic heterocycles. The Morgan fingerprint density at radius 3 is 2.72 bits per heavy atom. The summed E-state index contributed by atoms with van der Waals surface area (Å²) in [5, 5.41) is 18.0. The van der Waals surface area contributed by atoms with Crippen LogP contribution in [0.3, 0.4) is 0 Å². The van der Waals surface area contributed by atoms with Gasteiger partial charge in [-0.15, -0.1) is 5.11 Å². The third kappa shape index (κ3) is 2.99. The van der Waals surface area contributed by atoms with E-state index in [4.69, 9.17) is 16.3 Å². The van der Waals surface area contributed by atoms with Crippen molar-refractivity contribution in [2.75, 3.05) is 7.11 Å². The van der Waals surface area contributed by atoms with Crippen LogP contribution in [-0.2, 0) is 0 Å². The van der Waals surface area contributed by atoms with Crippen LogP contribution in [0.25, 0.3) is 0 Å². The van der Waals surface area contributed by atoms with Crippen molar-refractivity contribution in [2.45, 2.75) is 0 Å². The fraction of sp³-hybridized carbons (Fsp3) is 0.0769. The summed E-state index contributed by atoms with van der Waals surface area (Å²) in [6.45, 7) is 0. The predicted molar refractivity (Wildman–Crippen MR) is 70.3 cm³/mol. The van der Waals surface area contributed by atoms with E-state index >= 15 is 0 Å². The van der Waals surface area contributed by atoms with Crippen molar-refractivity contribution in [2.24, 2.45) is 10.2 Å². The van der Waals surface area contributed by atoms with E-state index in [1.807, 2.05) is 12.1 Å². The first-order valence-corrected chi connectivity index (χ1v) is 5.61. The SMILES string of the molecule is COc1cccc(N=Nc2cc(Cl)ccc2O)c1. The first kappa shape index (κ1) is 12.4. The Hall–Kier alpha value is -2.07. The van der Waals surface area contributed by atoms with E-state index in [1.54, 1.807) is 31.4 Å². The van der Waals surface area contributed by atoms with E-state index in [1.165, 1.54) is 6.07 Å². The minimum absolute atomic E-state index is 0.0334. The molecule has 0 saturated carbocycles. The summed E-state index contributed by atoms with van der Waals surface area (Å²) in [5.74, 6) is 0.729. The molecule has 0 aliphatic carbocycles. The van der Waals surface area contributed by atoms with E-state index < -0.39 is 0 Å². The zero-order chi connectivity index (χ0) is 13.0. The van der Waals surface area contributed by atoms with Gasteiger partial charge in [-0.25, -0.2) is 0 Å². The van der Waals surface area contributed by atoms with Crippen LogP contribution in [-0.4, -0.2) is 12.2 Å². The molecule has 0 spiro atoms. The Bertz CT molecular complexity index is 585. The summed E-state index contributed by atoms with van der Waals surface area (Å²) >= 11 is 5.81. The number of hydrogen-bond donors (Lipinski definition) is 1. The molecule has 2 rings (SSSR count). The molecule has 0 radical (unpaired) electrons. The highest BCUT2D eigenvalue weighted by molar-refractivity contribution is 6.30. The highest BCUT2D eigenvalue weighted by Gasteiger charge is 2.00.